The van der Waals surface area contributed by atoms with Gasteiger partial charge in [-0.15, -0.1) is 0 Å². The monoisotopic (exact) mass is 339 g/mol. The highest BCUT2D eigenvalue weighted by Gasteiger charge is 2.23. The van der Waals surface area contributed by atoms with E-state index in [9.17, 15) is 4.79 Å². The fraction of sp³-hybridized carbons (Fsp3) is 0.278. The van der Waals surface area contributed by atoms with Crippen molar-refractivity contribution in [2.24, 2.45) is 10.7 Å². The maximum absolute atomic E-state index is 12.1. The lowest BCUT2D eigenvalue weighted by atomic mass is 10.2. The fourth-order valence-electron chi connectivity index (χ4n) is 2.54. The van der Waals surface area contributed by atoms with Gasteiger partial charge in [0.2, 0.25) is 0 Å². The maximum Gasteiger partial charge on any atom is 0.253 e. The molecule has 4 N–H and O–H groups in total. The molecule has 1 unspecified atom stereocenters. The van der Waals surface area contributed by atoms with Crippen molar-refractivity contribution >= 4 is 23.4 Å². The van der Waals surface area contributed by atoms with Crippen LogP contribution in [0, 0.1) is 0 Å². The molecule has 1 saturated heterocycles. The van der Waals surface area contributed by atoms with Crippen LogP contribution in [0.1, 0.15) is 18.4 Å². The third kappa shape index (κ3) is 5.02. The van der Waals surface area contributed by atoms with E-state index in [4.69, 9.17) is 10.5 Å². The molecule has 1 aromatic heterocycles. The summed E-state index contributed by atoms with van der Waals surface area (Å²) in [6, 6.07) is 13.0. The molecular formula is C18H21N5O2. The van der Waals surface area contributed by atoms with Gasteiger partial charge < -0.3 is 21.1 Å². The molecular weight excluding hydrogens is 318 g/mol. The van der Waals surface area contributed by atoms with Crippen LogP contribution in [0.5, 0.6) is 0 Å². The summed E-state index contributed by atoms with van der Waals surface area (Å²) in [7, 11) is 0. The van der Waals surface area contributed by atoms with Crippen LogP contribution >= 0.6 is 0 Å². The molecule has 130 valence electrons. The number of aromatic nitrogens is 1. The van der Waals surface area contributed by atoms with Gasteiger partial charge in [0.15, 0.2) is 5.96 Å². The van der Waals surface area contributed by atoms with E-state index in [1.54, 1.807) is 6.20 Å². The molecule has 3 rings (SSSR count). The number of ether oxygens (including phenoxy) is 1. The van der Waals surface area contributed by atoms with Crippen LogP contribution in [0.4, 0.5) is 11.5 Å². The second-order valence-corrected chi connectivity index (χ2v) is 5.73. The van der Waals surface area contributed by atoms with E-state index >= 15 is 0 Å². The van der Waals surface area contributed by atoms with Crippen LogP contribution < -0.4 is 16.4 Å². The SMILES string of the molecule is NC(=NCc1cccc(NC(=O)C2CCCO2)c1)Nc1ccccn1. The third-order valence-corrected chi connectivity index (χ3v) is 3.77. The first kappa shape index (κ1) is 16.9. The molecule has 7 heteroatoms. The van der Waals surface area contributed by atoms with Crippen LogP contribution in [0.3, 0.4) is 0 Å². The predicted molar refractivity (Wildman–Crippen MR) is 97.2 cm³/mol. The Hall–Kier alpha value is -2.93. The van der Waals surface area contributed by atoms with Gasteiger partial charge >= 0.3 is 0 Å². The summed E-state index contributed by atoms with van der Waals surface area (Å²) in [6.07, 6.45) is 3.02. The number of hydrogen-bond donors (Lipinski definition) is 3. The Balaban J connectivity index is 1.57. The van der Waals surface area contributed by atoms with Gasteiger partial charge in [0, 0.05) is 18.5 Å². The van der Waals surface area contributed by atoms with Gasteiger partial charge in [-0.1, -0.05) is 18.2 Å². The van der Waals surface area contributed by atoms with Crippen molar-refractivity contribution in [1.82, 2.24) is 4.98 Å². The summed E-state index contributed by atoms with van der Waals surface area (Å²) in [5.41, 5.74) is 7.53. The fourth-order valence-corrected chi connectivity index (χ4v) is 2.54. The van der Waals surface area contributed by atoms with Crippen LogP contribution in [-0.4, -0.2) is 29.6 Å². The number of rotatable bonds is 5. The van der Waals surface area contributed by atoms with E-state index in [0.717, 1.165) is 24.1 Å². The normalized spacial score (nSPS) is 17.3. The molecule has 1 atom stereocenters. The van der Waals surface area contributed by atoms with Crippen molar-refractivity contribution in [2.75, 3.05) is 17.2 Å². The van der Waals surface area contributed by atoms with Crippen molar-refractivity contribution in [1.29, 1.82) is 0 Å². The zero-order chi connectivity index (χ0) is 17.5. The summed E-state index contributed by atoms with van der Waals surface area (Å²) in [5, 5.41) is 5.81. The minimum Gasteiger partial charge on any atom is -0.370 e. The standard InChI is InChI=1S/C18H21N5O2/c19-18(23-16-8-1-2-9-20-16)21-12-13-5-3-6-14(11-13)22-17(24)15-7-4-10-25-15/h1-3,5-6,8-9,11,15H,4,7,10,12H2,(H,22,24)(H3,19,20,21,23). The molecule has 1 aromatic carbocycles. The number of pyridine rings is 1. The van der Waals surface area contributed by atoms with Crippen molar-refractivity contribution in [3.63, 3.8) is 0 Å². The Morgan fingerprint density at radius 3 is 2.96 bits per heavy atom. The Bertz CT molecular complexity index is 742. The molecule has 2 heterocycles. The summed E-state index contributed by atoms with van der Waals surface area (Å²) in [6.45, 7) is 1.05. The average molecular weight is 339 g/mol. The van der Waals surface area contributed by atoms with Crippen LogP contribution in [-0.2, 0) is 16.1 Å². The Labute approximate surface area is 146 Å². The van der Waals surface area contributed by atoms with Crippen LogP contribution in [0.2, 0.25) is 0 Å². The summed E-state index contributed by atoms with van der Waals surface area (Å²) in [5.74, 6) is 0.823. The summed E-state index contributed by atoms with van der Waals surface area (Å²) in [4.78, 5) is 20.5. The largest absolute Gasteiger partial charge is 0.370 e. The molecule has 0 aliphatic carbocycles. The molecule has 1 fully saturated rings. The Kier molecular flexibility index (Phi) is 5.58. The molecule has 1 aliphatic heterocycles. The molecule has 0 saturated carbocycles. The number of amides is 1. The van der Waals surface area contributed by atoms with Gasteiger partial charge in [-0.3, -0.25) is 4.79 Å². The average Bonchev–Trinajstić information content (AvgIpc) is 3.16. The third-order valence-electron chi connectivity index (χ3n) is 3.77. The van der Waals surface area contributed by atoms with E-state index in [1.807, 2.05) is 42.5 Å². The molecule has 1 amide bonds. The zero-order valence-electron chi connectivity index (χ0n) is 13.8. The van der Waals surface area contributed by atoms with E-state index < -0.39 is 0 Å². The van der Waals surface area contributed by atoms with Crippen molar-refractivity contribution < 1.29 is 9.53 Å². The first-order valence-corrected chi connectivity index (χ1v) is 8.20. The van der Waals surface area contributed by atoms with Crippen molar-refractivity contribution in [3.05, 3.63) is 54.2 Å². The highest BCUT2D eigenvalue weighted by atomic mass is 16.5. The topological polar surface area (TPSA) is 102 Å². The smallest absolute Gasteiger partial charge is 0.253 e. The number of nitrogens with two attached hydrogens (primary N) is 1. The summed E-state index contributed by atoms with van der Waals surface area (Å²) < 4.78 is 5.39. The van der Waals surface area contributed by atoms with Crippen LogP contribution in [0.15, 0.2) is 53.7 Å². The van der Waals surface area contributed by atoms with Gasteiger partial charge in [0.05, 0.1) is 6.54 Å². The molecule has 7 nitrogen and oxygen atoms in total. The summed E-state index contributed by atoms with van der Waals surface area (Å²) >= 11 is 0. The number of anilines is 2. The number of benzene rings is 1. The minimum atomic E-state index is -0.347. The lowest BCUT2D eigenvalue weighted by Crippen LogP contribution is -2.26. The number of nitrogens with one attached hydrogen (secondary N) is 2. The lowest BCUT2D eigenvalue weighted by molar-refractivity contribution is -0.124. The quantitative estimate of drug-likeness (QED) is 0.572. The van der Waals surface area contributed by atoms with E-state index in [0.29, 0.717) is 19.0 Å². The number of hydrogen-bond acceptors (Lipinski definition) is 4. The Morgan fingerprint density at radius 2 is 2.20 bits per heavy atom. The van der Waals surface area contributed by atoms with Gasteiger partial charge in [-0.25, -0.2) is 9.98 Å². The van der Waals surface area contributed by atoms with Gasteiger partial charge in [-0.2, -0.15) is 0 Å². The Morgan fingerprint density at radius 1 is 1.28 bits per heavy atom. The van der Waals surface area contributed by atoms with Crippen LogP contribution in [0.25, 0.3) is 0 Å². The van der Waals surface area contributed by atoms with Gasteiger partial charge in [0.1, 0.15) is 11.9 Å². The predicted octanol–water partition coefficient (Wildman–Crippen LogP) is 2.13. The van der Waals surface area contributed by atoms with E-state index in [2.05, 4.69) is 20.6 Å². The zero-order valence-corrected chi connectivity index (χ0v) is 13.8. The number of nitrogens with zero attached hydrogens (tertiary/aromatic N) is 2. The highest BCUT2D eigenvalue weighted by molar-refractivity contribution is 5.94. The minimum absolute atomic E-state index is 0.102. The number of aliphatic imine (C=N–C) groups is 1. The number of carbonyl (C=O) groups is 1. The molecule has 0 spiro atoms. The molecule has 1 aliphatic rings. The molecule has 0 bridgehead atoms. The van der Waals surface area contributed by atoms with Crippen molar-refractivity contribution in [2.45, 2.75) is 25.5 Å². The van der Waals surface area contributed by atoms with Crippen molar-refractivity contribution in [3.8, 4) is 0 Å². The second-order valence-electron chi connectivity index (χ2n) is 5.73. The number of guanidine groups is 1. The first-order chi connectivity index (χ1) is 12.2. The molecule has 0 radical (unpaired) electrons. The molecule has 2 aromatic rings. The maximum atomic E-state index is 12.1. The second kappa shape index (κ2) is 8.25. The van der Waals surface area contributed by atoms with Gasteiger partial charge in [-0.05, 0) is 42.7 Å². The van der Waals surface area contributed by atoms with Gasteiger partial charge in [0.25, 0.3) is 5.91 Å². The highest BCUT2D eigenvalue weighted by Crippen LogP contribution is 2.16. The molecule has 25 heavy (non-hydrogen) atoms. The first-order valence-electron chi connectivity index (χ1n) is 8.20. The lowest BCUT2D eigenvalue weighted by Gasteiger charge is -2.11. The van der Waals surface area contributed by atoms with E-state index in [-0.39, 0.29) is 18.0 Å². The number of carbonyl (C=O) groups excluding carboxylic acids is 1. The van der Waals surface area contributed by atoms with E-state index in [1.165, 1.54) is 0 Å².